The van der Waals surface area contributed by atoms with Crippen molar-refractivity contribution in [2.45, 2.75) is 39.3 Å². The summed E-state index contributed by atoms with van der Waals surface area (Å²) in [5.41, 5.74) is 5.82. The first-order chi connectivity index (χ1) is 9.24. The summed E-state index contributed by atoms with van der Waals surface area (Å²) in [5.74, 6) is 0. The zero-order chi connectivity index (χ0) is 15.2. The lowest BCUT2D eigenvalue weighted by atomic mass is 10.1. The zero-order valence-corrected chi connectivity index (χ0v) is 13.2. The van der Waals surface area contributed by atoms with Gasteiger partial charge >= 0.3 is 0 Å². The SMILES string of the molecule is CC(C)(C)NS(=O)(=O)N(CCCN)Cc1cccnc1. The Morgan fingerprint density at radius 3 is 2.60 bits per heavy atom. The van der Waals surface area contributed by atoms with Gasteiger partial charge in [-0.3, -0.25) is 4.98 Å². The molecule has 0 spiro atoms. The Balaban J connectivity index is 2.88. The minimum Gasteiger partial charge on any atom is -0.330 e. The van der Waals surface area contributed by atoms with Crippen LogP contribution >= 0.6 is 0 Å². The van der Waals surface area contributed by atoms with E-state index in [1.165, 1.54) is 4.31 Å². The molecule has 6 nitrogen and oxygen atoms in total. The van der Waals surface area contributed by atoms with Crippen LogP contribution in [-0.4, -0.2) is 36.3 Å². The first-order valence-electron chi connectivity index (χ1n) is 6.62. The third-order valence-electron chi connectivity index (χ3n) is 2.47. The Bertz CT molecular complexity index is 497. The molecule has 0 aliphatic heterocycles. The number of hydrogen-bond donors (Lipinski definition) is 2. The first-order valence-corrected chi connectivity index (χ1v) is 8.06. The van der Waals surface area contributed by atoms with Crippen molar-refractivity contribution >= 4 is 10.2 Å². The summed E-state index contributed by atoms with van der Waals surface area (Å²) < 4.78 is 28.9. The number of hydrogen-bond acceptors (Lipinski definition) is 4. The average molecular weight is 300 g/mol. The van der Waals surface area contributed by atoms with Crippen LogP contribution in [-0.2, 0) is 16.8 Å². The van der Waals surface area contributed by atoms with Crippen LogP contribution in [0.3, 0.4) is 0 Å². The molecule has 3 N–H and O–H groups in total. The summed E-state index contributed by atoms with van der Waals surface area (Å²) in [7, 11) is -3.55. The fraction of sp³-hybridized carbons (Fsp3) is 0.615. The molecule has 0 bridgehead atoms. The van der Waals surface area contributed by atoms with Gasteiger partial charge in [0.2, 0.25) is 0 Å². The maximum atomic E-state index is 12.4. The fourth-order valence-corrected chi connectivity index (χ4v) is 3.29. The van der Waals surface area contributed by atoms with Gasteiger partial charge in [0.1, 0.15) is 0 Å². The second-order valence-corrected chi connectivity index (χ2v) is 7.36. The predicted octanol–water partition coefficient (Wildman–Crippen LogP) is 0.865. The molecule has 0 saturated heterocycles. The normalized spacial score (nSPS) is 12.8. The predicted molar refractivity (Wildman–Crippen MR) is 80.1 cm³/mol. The van der Waals surface area contributed by atoms with E-state index in [0.717, 1.165) is 5.56 Å². The highest BCUT2D eigenvalue weighted by Crippen LogP contribution is 2.11. The van der Waals surface area contributed by atoms with Crippen LogP contribution in [0.5, 0.6) is 0 Å². The van der Waals surface area contributed by atoms with Crippen LogP contribution in [0.1, 0.15) is 32.8 Å². The van der Waals surface area contributed by atoms with Gasteiger partial charge in [-0.25, -0.2) is 0 Å². The van der Waals surface area contributed by atoms with E-state index in [2.05, 4.69) is 9.71 Å². The standard InChI is InChI=1S/C13H24N4O2S/c1-13(2,3)16-20(18,19)17(9-5-7-14)11-12-6-4-8-15-10-12/h4,6,8,10,16H,5,7,9,11,14H2,1-3H3. The third-order valence-corrected chi connectivity index (χ3v) is 4.33. The third kappa shape index (κ3) is 5.96. The van der Waals surface area contributed by atoms with Gasteiger partial charge in [0.25, 0.3) is 10.2 Å². The van der Waals surface area contributed by atoms with Crippen molar-refractivity contribution in [1.29, 1.82) is 0 Å². The first kappa shape index (κ1) is 17.0. The van der Waals surface area contributed by atoms with Crippen molar-refractivity contribution in [3.8, 4) is 0 Å². The molecule has 0 unspecified atom stereocenters. The van der Waals surface area contributed by atoms with E-state index in [-0.39, 0.29) is 0 Å². The molecule has 20 heavy (non-hydrogen) atoms. The number of nitrogens with two attached hydrogens (primary N) is 1. The monoisotopic (exact) mass is 300 g/mol. The summed E-state index contributed by atoms with van der Waals surface area (Å²) in [5, 5.41) is 0. The van der Waals surface area contributed by atoms with Crippen molar-refractivity contribution in [2.75, 3.05) is 13.1 Å². The Morgan fingerprint density at radius 1 is 1.40 bits per heavy atom. The van der Waals surface area contributed by atoms with Crippen molar-refractivity contribution < 1.29 is 8.42 Å². The van der Waals surface area contributed by atoms with Crippen molar-refractivity contribution in [3.05, 3.63) is 30.1 Å². The van der Waals surface area contributed by atoms with Crippen molar-refractivity contribution in [1.82, 2.24) is 14.0 Å². The number of nitrogens with one attached hydrogen (secondary N) is 1. The van der Waals surface area contributed by atoms with Gasteiger partial charge in [-0.2, -0.15) is 17.4 Å². The molecular weight excluding hydrogens is 276 g/mol. The molecule has 1 aromatic heterocycles. The van der Waals surface area contributed by atoms with Gasteiger partial charge in [0, 0.05) is 31.0 Å². The van der Waals surface area contributed by atoms with E-state index >= 15 is 0 Å². The molecule has 0 amide bonds. The molecule has 114 valence electrons. The largest absolute Gasteiger partial charge is 0.330 e. The fourth-order valence-electron chi connectivity index (χ4n) is 1.70. The number of rotatable bonds is 7. The number of pyridine rings is 1. The maximum absolute atomic E-state index is 12.4. The van der Waals surface area contributed by atoms with Gasteiger partial charge < -0.3 is 5.73 Å². The van der Waals surface area contributed by atoms with Crippen LogP contribution in [0.2, 0.25) is 0 Å². The molecule has 7 heteroatoms. The second kappa shape index (κ2) is 7.12. The van der Waals surface area contributed by atoms with E-state index < -0.39 is 15.7 Å². The minimum absolute atomic E-state index is 0.291. The topological polar surface area (TPSA) is 88.3 Å². The summed E-state index contributed by atoms with van der Waals surface area (Å²) >= 11 is 0. The quantitative estimate of drug-likeness (QED) is 0.782. The molecule has 0 atom stereocenters. The lowest BCUT2D eigenvalue weighted by Crippen LogP contribution is -2.49. The zero-order valence-electron chi connectivity index (χ0n) is 12.3. The molecule has 0 saturated carbocycles. The van der Waals surface area contributed by atoms with Crippen LogP contribution < -0.4 is 10.5 Å². The van der Waals surface area contributed by atoms with Gasteiger partial charge in [-0.15, -0.1) is 0 Å². The maximum Gasteiger partial charge on any atom is 0.280 e. The Kier molecular flexibility index (Phi) is 6.07. The van der Waals surface area contributed by atoms with E-state index in [9.17, 15) is 8.42 Å². The van der Waals surface area contributed by atoms with E-state index in [0.29, 0.717) is 26.1 Å². The smallest absolute Gasteiger partial charge is 0.280 e. The molecule has 0 aliphatic rings. The molecule has 0 radical (unpaired) electrons. The number of aromatic nitrogens is 1. The van der Waals surface area contributed by atoms with E-state index in [1.807, 2.05) is 26.8 Å². The molecule has 0 fully saturated rings. The van der Waals surface area contributed by atoms with Gasteiger partial charge in [-0.05, 0) is 45.4 Å². The molecule has 0 aromatic carbocycles. The highest BCUT2D eigenvalue weighted by molar-refractivity contribution is 7.87. The molecular formula is C13H24N4O2S. The second-order valence-electron chi connectivity index (χ2n) is 5.69. The lowest BCUT2D eigenvalue weighted by molar-refractivity contribution is 0.376. The highest BCUT2D eigenvalue weighted by Gasteiger charge is 2.26. The van der Waals surface area contributed by atoms with Crippen LogP contribution in [0.15, 0.2) is 24.5 Å². The van der Waals surface area contributed by atoms with Crippen LogP contribution in [0.4, 0.5) is 0 Å². The van der Waals surface area contributed by atoms with Gasteiger partial charge in [-0.1, -0.05) is 6.07 Å². The highest BCUT2D eigenvalue weighted by atomic mass is 32.2. The van der Waals surface area contributed by atoms with Gasteiger partial charge in [0.05, 0.1) is 0 Å². The molecule has 1 heterocycles. The average Bonchev–Trinajstić information content (AvgIpc) is 2.32. The lowest BCUT2D eigenvalue weighted by Gasteiger charge is -2.27. The molecule has 0 aliphatic carbocycles. The van der Waals surface area contributed by atoms with Crippen LogP contribution in [0.25, 0.3) is 0 Å². The van der Waals surface area contributed by atoms with Crippen LogP contribution in [0, 0.1) is 0 Å². The van der Waals surface area contributed by atoms with E-state index in [4.69, 9.17) is 5.73 Å². The minimum atomic E-state index is -3.55. The Labute approximate surface area is 121 Å². The molecule has 1 rings (SSSR count). The summed E-state index contributed by atoms with van der Waals surface area (Å²) in [6.45, 7) is 6.58. The Morgan fingerprint density at radius 2 is 2.10 bits per heavy atom. The van der Waals surface area contributed by atoms with Gasteiger partial charge in [0.15, 0.2) is 0 Å². The Hall–Kier alpha value is -1.02. The molecule has 1 aromatic rings. The van der Waals surface area contributed by atoms with Crippen molar-refractivity contribution in [2.24, 2.45) is 5.73 Å². The number of nitrogens with zero attached hydrogens (tertiary/aromatic N) is 2. The van der Waals surface area contributed by atoms with Crippen molar-refractivity contribution in [3.63, 3.8) is 0 Å². The summed E-state index contributed by atoms with van der Waals surface area (Å²) in [6, 6.07) is 3.65. The summed E-state index contributed by atoms with van der Waals surface area (Å²) in [4.78, 5) is 4.01. The van der Waals surface area contributed by atoms with E-state index in [1.54, 1.807) is 18.5 Å². The summed E-state index contributed by atoms with van der Waals surface area (Å²) in [6.07, 6.45) is 3.95.